The van der Waals surface area contributed by atoms with Gasteiger partial charge in [0.1, 0.15) is 11.4 Å². The van der Waals surface area contributed by atoms with Crippen molar-refractivity contribution in [2.45, 2.75) is 13.0 Å². The second-order valence-corrected chi connectivity index (χ2v) is 7.69. The number of nitrogens with zero attached hydrogens (tertiary/aromatic N) is 3. The molecule has 0 aliphatic carbocycles. The van der Waals surface area contributed by atoms with Crippen LogP contribution in [0.2, 0.25) is 0 Å². The van der Waals surface area contributed by atoms with E-state index in [-0.39, 0.29) is 5.91 Å². The third-order valence-corrected chi connectivity index (χ3v) is 5.97. The first-order valence-corrected chi connectivity index (χ1v) is 9.70. The van der Waals surface area contributed by atoms with Crippen LogP contribution in [0.5, 0.6) is 5.75 Å². The molecule has 132 valence electrons. The minimum absolute atomic E-state index is 0.0910. The third-order valence-electron chi connectivity index (χ3n) is 5.38. The highest BCUT2D eigenvalue weighted by molar-refractivity contribution is 7.07. The van der Waals surface area contributed by atoms with Gasteiger partial charge in [0.15, 0.2) is 0 Å². The molecule has 0 N–H and O–H groups in total. The fraction of sp³-hybridized carbons (Fsp3) is 0.474. The Kier molecular flexibility index (Phi) is 4.72. The lowest BCUT2D eigenvalue weighted by Crippen LogP contribution is -2.43. The first-order valence-electron chi connectivity index (χ1n) is 8.75. The summed E-state index contributed by atoms with van der Waals surface area (Å²) in [4.78, 5) is 21.2. The Bertz CT molecular complexity index is 717. The van der Waals surface area contributed by atoms with Crippen molar-refractivity contribution in [2.75, 3.05) is 33.3 Å². The summed E-state index contributed by atoms with van der Waals surface area (Å²) < 4.78 is 5.23. The van der Waals surface area contributed by atoms with Crippen molar-refractivity contribution in [1.29, 1.82) is 0 Å². The average molecular weight is 357 g/mol. The van der Waals surface area contributed by atoms with E-state index >= 15 is 0 Å². The Morgan fingerprint density at radius 3 is 2.76 bits per heavy atom. The Labute approximate surface area is 152 Å². The molecule has 4 rings (SSSR count). The fourth-order valence-corrected chi connectivity index (χ4v) is 4.57. The molecule has 2 aliphatic rings. The summed E-state index contributed by atoms with van der Waals surface area (Å²) in [6.45, 7) is 4.89. The van der Waals surface area contributed by atoms with E-state index in [2.05, 4.69) is 22.0 Å². The summed E-state index contributed by atoms with van der Waals surface area (Å²) in [5.41, 5.74) is 3.64. The molecule has 0 bridgehead atoms. The molecule has 2 aliphatic heterocycles. The van der Waals surface area contributed by atoms with E-state index in [4.69, 9.17) is 4.74 Å². The number of thiazole rings is 1. The predicted molar refractivity (Wildman–Crippen MR) is 97.9 cm³/mol. The second-order valence-electron chi connectivity index (χ2n) is 6.98. The lowest BCUT2D eigenvalue weighted by molar-refractivity contribution is 0.0637. The summed E-state index contributed by atoms with van der Waals surface area (Å²) in [6, 6.07) is 8.32. The van der Waals surface area contributed by atoms with E-state index in [1.54, 1.807) is 12.6 Å². The van der Waals surface area contributed by atoms with Crippen LogP contribution in [0.25, 0.3) is 0 Å². The van der Waals surface area contributed by atoms with Gasteiger partial charge in [-0.2, -0.15) is 0 Å². The van der Waals surface area contributed by atoms with Crippen LogP contribution in [0, 0.1) is 11.8 Å². The second kappa shape index (κ2) is 7.14. The molecule has 1 aromatic heterocycles. The lowest BCUT2D eigenvalue weighted by atomic mass is 9.88. The van der Waals surface area contributed by atoms with Crippen LogP contribution in [-0.4, -0.2) is 54.0 Å². The number of carbonyl (C=O) groups excluding carboxylic acids is 1. The molecule has 2 fully saturated rings. The number of ether oxygens (including phenoxy) is 1. The number of likely N-dealkylation sites (tertiary alicyclic amines) is 2. The number of amides is 1. The summed E-state index contributed by atoms with van der Waals surface area (Å²) in [5, 5.41) is 1.85. The number of hydrogen-bond donors (Lipinski definition) is 0. The number of benzene rings is 1. The van der Waals surface area contributed by atoms with Crippen LogP contribution in [0.4, 0.5) is 0 Å². The van der Waals surface area contributed by atoms with Gasteiger partial charge in [-0.05, 0) is 36.0 Å². The van der Waals surface area contributed by atoms with Crippen LogP contribution >= 0.6 is 11.3 Å². The topological polar surface area (TPSA) is 45.7 Å². The molecule has 2 saturated heterocycles. The number of rotatable bonds is 4. The van der Waals surface area contributed by atoms with E-state index in [1.807, 2.05) is 22.4 Å². The van der Waals surface area contributed by atoms with Crippen molar-refractivity contribution < 1.29 is 9.53 Å². The quantitative estimate of drug-likeness (QED) is 0.844. The van der Waals surface area contributed by atoms with Crippen LogP contribution in [0.1, 0.15) is 22.5 Å². The fourth-order valence-electron chi connectivity index (χ4n) is 4.05. The first-order chi connectivity index (χ1) is 12.2. The molecule has 1 amide bonds. The van der Waals surface area contributed by atoms with Gasteiger partial charge in [0.2, 0.25) is 0 Å². The van der Waals surface area contributed by atoms with E-state index in [0.717, 1.165) is 44.9 Å². The zero-order chi connectivity index (χ0) is 17.2. The van der Waals surface area contributed by atoms with Gasteiger partial charge in [0.25, 0.3) is 5.91 Å². The normalized spacial score (nSPS) is 23.5. The Hall–Kier alpha value is -1.92. The smallest absolute Gasteiger partial charge is 0.273 e. The van der Waals surface area contributed by atoms with E-state index in [9.17, 15) is 4.79 Å². The van der Waals surface area contributed by atoms with Crippen LogP contribution < -0.4 is 4.74 Å². The molecule has 0 spiro atoms. The van der Waals surface area contributed by atoms with Crippen molar-refractivity contribution in [2.24, 2.45) is 11.8 Å². The molecule has 25 heavy (non-hydrogen) atoms. The van der Waals surface area contributed by atoms with E-state index in [0.29, 0.717) is 17.5 Å². The molecule has 3 heterocycles. The predicted octanol–water partition coefficient (Wildman–Crippen LogP) is 2.75. The van der Waals surface area contributed by atoms with Gasteiger partial charge in [-0.1, -0.05) is 12.1 Å². The zero-order valence-electron chi connectivity index (χ0n) is 14.4. The molecule has 2 aromatic rings. The largest absolute Gasteiger partial charge is 0.497 e. The Morgan fingerprint density at radius 1 is 1.24 bits per heavy atom. The number of methoxy groups -OCH3 is 1. The van der Waals surface area contributed by atoms with Gasteiger partial charge < -0.3 is 9.64 Å². The van der Waals surface area contributed by atoms with Crippen molar-refractivity contribution in [1.82, 2.24) is 14.8 Å². The van der Waals surface area contributed by atoms with Crippen molar-refractivity contribution in [3.63, 3.8) is 0 Å². The molecule has 0 saturated carbocycles. The number of aromatic nitrogens is 1. The first kappa shape index (κ1) is 16.5. The molecule has 2 atom stereocenters. The summed E-state index contributed by atoms with van der Waals surface area (Å²) in [6.07, 6.45) is 1.10. The standard InChI is InChI=1S/C19H23N3O2S/c1-24-17-4-2-14(3-5-17)8-21-9-15-6-7-22(11-16(15)10-21)19(23)18-12-25-13-20-18/h2-5,12-13,15-16H,6-11H2,1H3/t15-,16-/m1/s1. The van der Waals surface area contributed by atoms with Gasteiger partial charge in [0.05, 0.1) is 12.6 Å². The van der Waals surface area contributed by atoms with Gasteiger partial charge in [-0.25, -0.2) is 4.98 Å². The molecule has 0 unspecified atom stereocenters. The molecule has 6 heteroatoms. The zero-order valence-corrected chi connectivity index (χ0v) is 15.2. The van der Waals surface area contributed by atoms with Gasteiger partial charge in [0, 0.05) is 38.1 Å². The maximum absolute atomic E-state index is 12.5. The van der Waals surface area contributed by atoms with Gasteiger partial charge >= 0.3 is 0 Å². The Morgan fingerprint density at radius 2 is 2.04 bits per heavy atom. The van der Waals surface area contributed by atoms with Crippen molar-refractivity contribution >= 4 is 17.2 Å². The molecule has 5 nitrogen and oxygen atoms in total. The highest BCUT2D eigenvalue weighted by Gasteiger charge is 2.38. The summed E-state index contributed by atoms with van der Waals surface area (Å²) in [5.74, 6) is 2.27. The number of hydrogen-bond acceptors (Lipinski definition) is 5. The van der Waals surface area contributed by atoms with E-state index in [1.165, 1.54) is 16.9 Å². The van der Waals surface area contributed by atoms with Crippen molar-refractivity contribution in [3.05, 3.63) is 46.4 Å². The SMILES string of the molecule is COc1ccc(CN2C[C@H]3CCN(C(=O)c4cscn4)C[C@H]3C2)cc1. The maximum Gasteiger partial charge on any atom is 0.273 e. The maximum atomic E-state index is 12.5. The number of carbonyl (C=O) groups is 1. The van der Waals surface area contributed by atoms with Crippen LogP contribution in [0.15, 0.2) is 35.2 Å². The van der Waals surface area contributed by atoms with Crippen LogP contribution in [0.3, 0.4) is 0 Å². The molecular formula is C19H23N3O2S. The molecule has 0 radical (unpaired) electrons. The minimum Gasteiger partial charge on any atom is -0.497 e. The minimum atomic E-state index is 0.0910. The average Bonchev–Trinajstić information content (AvgIpc) is 3.30. The lowest BCUT2D eigenvalue weighted by Gasteiger charge is -2.34. The highest BCUT2D eigenvalue weighted by Crippen LogP contribution is 2.32. The van der Waals surface area contributed by atoms with Gasteiger partial charge in [-0.15, -0.1) is 11.3 Å². The van der Waals surface area contributed by atoms with E-state index < -0.39 is 0 Å². The summed E-state index contributed by atoms with van der Waals surface area (Å²) in [7, 11) is 1.69. The molecular weight excluding hydrogens is 334 g/mol. The van der Waals surface area contributed by atoms with Gasteiger partial charge in [-0.3, -0.25) is 9.69 Å². The molecule has 1 aromatic carbocycles. The number of piperidine rings is 1. The highest BCUT2D eigenvalue weighted by atomic mass is 32.1. The summed E-state index contributed by atoms with van der Waals surface area (Å²) >= 11 is 1.48. The number of fused-ring (bicyclic) bond motifs is 1. The van der Waals surface area contributed by atoms with Crippen molar-refractivity contribution in [3.8, 4) is 5.75 Å². The van der Waals surface area contributed by atoms with Crippen LogP contribution in [-0.2, 0) is 6.54 Å². The monoisotopic (exact) mass is 357 g/mol. The Balaban J connectivity index is 1.35. The third kappa shape index (κ3) is 3.55.